The Morgan fingerprint density at radius 2 is 2.07 bits per heavy atom. The minimum atomic E-state index is -2.08. The highest BCUT2D eigenvalue weighted by Gasteiger charge is 2.27. The van der Waals surface area contributed by atoms with Crippen LogP contribution in [0.4, 0.5) is 8.78 Å². The predicted octanol–water partition coefficient (Wildman–Crippen LogP) is 4.44. The Bertz CT molecular complexity index is 1050. The molecular formula is C20H17F2NO4S. The summed E-state index contributed by atoms with van der Waals surface area (Å²) in [7, 11) is 0. The third kappa shape index (κ3) is 3.70. The topological polar surface area (TPSA) is 74.5 Å². The summed E-state index contributed by atoms with van der Waals surface area (Å²) in [6.07, 6.45) is 2.02. The number of halogens is 2. The second-order valence-electron chi connectivity index (χ2n) is 6.52. The Morgan fingerprint density at radius 1 is 1.29 bits per heavy atom. The van der Waals surface area contributed by atoms with Crippen molar-refractivity contribution in [2.24, 2.45) is 0 Å². The van der Waals surface area contributed by atoms with Crippen LogP contribution in [0.5, 0.6) is 5.75 Å². The van der Waals surface area contributed by atoms with Crippen molar-refractivity contribution >= 4 is 28.2 Å². The standard InChI is InChI=1S/C20H17F2NO4S/c1-2-26-16-6-5-13(21)9-19(16)28(25)23-20(24)18-10-14-15(22)7-12(11-3-4-11)8-17(14)27-18/h5-11H,2-4H2,1H3,(H,23,24). The van der Waals surface area contributed by atoms with Gasteiger partial charge in [-0.15, -0.1) is 0 Å². The molecule has 28 heavy (non-hydrogen) atoms. The fourth-order valence-electron chi connectivity index (χ4n) is 2.97. The fourth-order valence-corrected chi connectivity index (χ4v) is 3.88. The van der Waals surface area contributed by atoms with Gasteiger partial charge < -0.3 is 13.7 Å². The first kappa shape index (κ1) is 18.8. The normalized spacial score (nSPS) is 14.9. The molecule has 1 saturated carbocycles. The highest BCUT2D eigenvalue weighted by molar-refractivity contribution is 7.90. The van der Waals surface area contributed by atoms with Crippen LogP contribution in [-0.4, -0.2) is 17.1 Å². The van der Waals surface area contributed by atoms with Crippen molar-refractivity contribution in [3.05, 3.63) is 59.4 Å². The van der Waals surface area contributed by atoms with E-state index < -0.39 is 28.9 Å². The van der Waals surface area contributed by atoms with Crippen LogP contribution >= 0.6 is 0 Å². The van der Waals surface area contributed by atoms with E-state index >= 15 is 0 Å². The molecule has 1 amide bonds. The molecule has 0 aliphatic heterocycles. The average Bonchev–Trinajstić information content (AvgIpc) is 3.42. The molecule has 1 fully saturated rings. The van der Waals surface area contributed by atoms with Crippen LogP contribution < -0.4 is 9.46 Å². The van der Waals surface area contributed by atoms with Gasteiger partial charge in [-0.3, -0.25) is 4.79 Å². The highest BCUT2D eigenvalue weighted by atomic mass is 32.2. The van der Waals surface area contributed by atoms with Crippen molar-refractivity contribution in [1.82, 2.24) is 4.72 Å². The molecule has 0 radical (unpaired) electrons. The highest BCUT2D eigenvalue weighted by Crippen LogP contribution is 2.41. The van der Waals surface area contributed by atoms with Gasteiger partial charge in [0.15, 0.2) is 11.5 Å². The minimum Gasteiger partial charge on any atom is -0.588 e. The van der Waals surface area contributed by atoms with Crippen LogP contribution in [0.15, 0.2) is 45.7 Å². The predicted molar refractivity (Wildman–Crippen MR) is 99.6 cm³/mol. The van der Waals surface area contributed by atoms with Crippen molar-refractivity contribution in [3.63, 3.8) is 0 Å². The molecule has 0 saturated heterocycles. The summed E-state index contributed by atoms with van der Waals surface area (Å²) in [5.41, 5.74) is 1.11. The number of fused-ring (bicyclic) bond motifs is 1. The smallest absolute Gasteiger partial charge is 0.328 e. The molecule has 1 N–H and O–H groups in total. The number of benzene rings is 2. The van der Waals surface area contributed by atoms with E-state index in [1.54, 1.807) is 13.0 Å². The molecule has 0 bridgehead atoms. The first-order chi connectivity index (χ1) is 13.5. The van der Waals surface area contributed by atoms with Gasteiger partial charge in [0.05, 0.1) is 12.0 Å². The number of carbonyl (C=O) groups is 1. The summed E-state index contributed by atoms with van der Waals surface area (Å²) < 4.78 is 53.4. The van der Waals surface area contributed by atoms with Crippen molar-refractivity contribution in [2.45, 2.75) is 30.6 Å². The number of carbonyl (C=O) groups excluding carboxylic acids is 1. The van der Waals surface area contributed by atoms with E-state index in [1.807, 2.05) is 0 Å². The van der Waals surface area contributed by atoms with Crippen LogP contribution in [0.1, 0.15) is 41.8 Å². The lowest BCUT2D eigenvalue weighted by Crippen LogP contribution is -2.30. The molecule has 1 atom stereocenters. The lowest BCUT2D eigenvalue weighted by molar-refractivity contribution is 0.0956. The second kappa shape index (κ2) is 7.44. The molecule has 1 unspecified atom stereocenters. The summed E-state index contributed by atoms with van der Waals surface area (Å²) in [5, 5.41) is 0.182. The number of nitrogens with one attached hydrogen (secondary N) is 1. The lowest BCUT2D eigenvalue weighted by atomic mass is 10.1. The molecule has 1 aliphatic carbocycles. The van der Waals surface area contributed by atoms with E-state index in [4.69, 9.17) is 9.15 Å². The maximum atomic E-state index is 14.3. The number of furan rings is 1. The van der Waals surface area contributed by atoms with Crippen molar-refractivity contribution in [1.29, 1.82) is 0 Å². The van der Waals surface area contributed by atoms with Gasteiger partial charge in [0, 0.05) is 12.1 Å². The first-order valence-electron chi connectivity index (χ1n) is 8.84. The average molecular weight is 405 g/mol. The SMILES string of the molecule is CCOc1ccc(F)cc1[S+]([O-])NC(=O)c1cc2c(F)cc(C3CC3)cc2o1. The number of hydrogen-bond donors (Lipinski definition) is 1. The minimum absolute atomic E-state index is 0.00601. The third-order valence-corrected chi connectivity index (χ3v) is 5.56. The number of hydrogen-bond acceptors (Lipinski definition) is 4. The van der Waals surface area contributed by atoms with Gasteiger partial charge in [0.2, 0.25) is 4.90 Å². The van der Waals surface area contributed by atoms with Gasteiger partial charge in [-0.25, -0.2) is 8.78 Å². The molecule has 3 aromatic rings. The van der Waals surface area contributed by atoms with Crippen molar-refractivity contribution < 1.29 is 27.3 Å². The first-order valence-corrected chi connectivity index (χ1v) is 9.99. The molecule has 4 rings (SSSR count). The van der Waals surface area contributed by atoms with E-state index in [9.17, 15) is 18.1 Å². The fraction of sp³-hybridized carbons (Fsp3) is 0.250. The van der Waals surface area contributed by atoms with E-state index in [2.05, 4.69) is 4.72 Å². The van der Waals surface area contributed by atoms with E-state index in [1.165, 1.54) is 24.3 Å². The van der Waals surface area contributed by atoms with Crippen LogP contribution in [0, 0.1) is 11.6 Å². The molecule has 5 nitrogen and oxygen atoms in total. The van der Waals surface area contributed by atoms with Gasteiger partial charge >= 0.3 is 5.91 Å². The zero-order chi connectivity index (χ0) is 19.8. The Morgan fingerprint density at radius 3 is 2.79 bits per heavy atom. The summed E-state index contributed by atoms with van der Waals surface area (Å²) >= 11 is -2.08. The summed E-state index contributed by atoms with van der Waals surface area (Å²) in [6.45, 7) is 2.02. The Hall–Kier alpha value is -2.58. The van der Waals surface area contributed by atoms with Gasteiger partial charge in [0.1, 0.15) is 28.6 Å². The number of ether oxygens (including phenoxy) is 1. The van der Waals surface area contributed by atoms with Crippen LogP contribution in [0.3, 0.4) is 0 Å². The molecular weight excluding hydrogens is 388 g/mol. The van der Waals surface area contributed by atoms with Crippen LogP contribution in [-0.2, 0) is 11.4 Å². The molecule has 0 spiro atoms. The molecule has 8 heteroatoms. The van der Waals surface area contributed by atoms with Crippen LogP contribution in [0.2, 0.25) is 0 Å². The van der Waals surface area contributed by atoms with Crippen molar-refractivity contribution in [3.8, 4) is 5.75 Å². The van der Waals surface area contributed by atoms with Crippen LogP contribution in [0.25, 0.3) is 11.0 Å². The monoisotopic (exact) mass is 405 g/mol. The Kier molecular flexibility index (Phi) is 4.99. The lowest BCUT2D eigenvalue weighted by Gasteiger charge is -2.13. The zero-order valence-corrected chi connectivity index (χ0v) is 15.8. The zero-order valence-electron chi connectivity index (χ0n) is 15.0. The largest absolute Gasteiger partial charge is 0.588 e. The van der Waals surface area contributed by atoms with E-state index in [-0.39, 0.29) is 34.0 Å². The Balaban J connectivity index is 1.58. The van der Waals surface area contributed by atoms with Gasteiger partial charge in [-0.1, -0.05) is 0 Å². The number of amides is 1. The second-order valence-corrected chi connectivity index (χ2v) is 7.70. The third-order valence-electron chi connectivity index (χ3n) is 4.47. The molecule has 2 aromatic carbocycles. The molecule has 1 heterocycles. The maximum Gasteiger partial charge on any atom is 0.328 e. The number of rotatable bonds is 6. The van der Waals surface area contributed by atoms with E-state index in [0.29, 0.717) is 5.92 Å². The summed E-state index contributed by atoms with van der Waals surface area (Å²) in [5.74, 6) is -1.52. The maximum absolute atomic E-state index is 14.3. The molecule has 1 aromatic heterocycles. The summed E-state index contributed by atoms with van der Waals surface area (Å²) in [6, 6.07) is 7.99. The summed E-state index contributed by atoms with van der Waals surface area (Å²) in [4.78, 5) is 12.4. The van der Waals surface area contributed by atoms with E-state index in [0.717, 1.165) is 24.5 Å². The van der Waals surface area contributed by atoms with Gasteiger partial charge in [-0.2, -0.15) is 4.72 Å². The van der Waals surface area contributed by atoms with Gasteiger partial charge in [-0.05, 0) is 55.5 Å². The Labute approximate surface area is 163 Å². The quantitative estimate of drug-likeness (QED) is 0.616. The van der Waals surface area contributed by atoms with Crippen molar-refractivity contribution in [2.75, 3.05) is 6.61 Å². The molecule has 146 valence electrons. The van der Waals surface area contributed by atoms with Gasteiger partial charge in [0.25, 0.3) is 0 Å². The molecule has 1 aliphatic rings.